The Hall–Kier alpha value is -2.05. The van der Waals surface area contributed by atoms with Crippen LogP contribution in [0.5, 0.6) is 0 Å². The standard InChI is InChI=1S/C12H17N3O8/c16-4-6-8(19)9(20)11(23-6)15-3-5(1-13-2-7(17)18)10(21)14-12(15)22/h3,6,8-9,11,13,16,19-20H,1-2,4H2,(H,17,18)(H,14,21,22)/t6-,8?,9?,11-/m1/s1. The van der Waals surface area contributed by atoms with Gasteiger partial charge in [0, 0.05) is 18.3 Å². The third-order valence-electron chi connectivity index (χ3n) is 3.42. The molecule has 1 aliphatic heterocycles. The maximum atomic E-state index is 11.9. The van der Waals surface area contributed by atoms with E-state index < -0.39 is 48.4 Å². The fourth-order valence-electron chi connectivity index (χ4n) is 2.26. The Morgan fingerprint density at radius 2 is 2.04 bits per heavy atom. The van der Waals surface area contributed by atoms with Gasteiger partial charge in [-0.1, -0.05) is 0 Å². The number of aliphatic hydroxyl groups is 3. The summed E-state index contributed by atoms with van der Waals surface area (Å²) in [6, 6.07) is 0. The molecule has 0 amide bonds. The van der Waals surface area contributed by atoms with E-state index in [2.05, 4.69) is 5.32 Å². The van der Waals surface area contributed by atoms with Crippen LogP contribution in [-0.2, 0) is 16.1 Å². The molecule has 1 fully saturated rings. The van der Waals surface area contributed by atoms with Crippen molar-refractivity contribution >= 4 is 5.97 Å². The number of carbonyl (C=O) groups is 1. The van der Waals surface area contributed by atoms with Crippen molar-refractivity contribution in [2.75, 3.05) is 13.2 Å². The van der Waals surface area contributed by atoms with E-state index in [9.17, 15) is 24.6 Å². The Morgan fingerprint density at radius 1 is 1.35 bits per heavy atom. The quantitative estimate of drug-likeness (QED) is 0.307. The third-order valence-corrected chi connectivity index (χ3v) is 3.42. The second-order valence-electron chi connectivity index (χ2n) is 5.05. The van der Waals surface area contributed by atoms with Crippen molar-refractivity contribution in [3.63, 3.8) is 0 Å². The van der Waals surface area contributed by atoms with Crippen LogP contribution in [0.3, 0.4) is 0 Å². The molecule has 1 aromatic rings. The Bertz CT molecular complexity index is 684. The molecule has 0 radical (unpaired) electrons. The average molecular weight is 331 g/mol. The number of rotatable bonds is 6. The van der Waals surface area contributed by atoms with E-state index >= 15 is 0 Å². The summed E-state index contributed by atoms with van der Waals surface area (Å²) in [6.45, 7) is -1.07. The Balaban J connectivity index is 2.27. The molecular weight excluding hydrogens is 314 g/mol. The van der Waals surface area contributed by atoms with Gasteiger partial charge in [0.05, 0.1) is 13.2 Å². The number of ether oxygens (including phenoxy) is 1. The van der Waals surface area contributed by atoms with Crippen LogP contribution in [0.25, 0.3) is 0 Å². The Labute approximate surface area is 128 Å². The summed E-state index contributed by atoms with van der Waals surface area (Å²) < 4.78 is 6.09. The van der Waals surface area contributed by atoms with E-state index in [-0.39, 0.29) is 18.7 Å². The lowest BCUT2D eigenvalue weighted by atomic mass is 10.1. The summed E-state index contributed by atoms with van der Waals surface area (Å²) >= 11 is 0. The lowest BCUT2D eigenvalue weighted by Gasteiger charge is -2.18. The van der Waals surface area contributed by atoms with Crippen molar-refractivity contribution in [3.8, 4) is 0 Å². The molecule has 4 atom stereocenters. The van der Waals surface area contributed by atoms with Gasteiger partial charge < -0.3 is 30.5 Å². The highest BCUT2D eigenvalue weighted by atomic mass is 16.6. The summed E-state index contributed by atoms with van der Waals surface area (Å²) in [5, 5.41) is 39.7. The number of H-pyrrole nitrogens is 1. The molecule has 1 aromatic heterocycles. The highest BCUT2D eigenvalue weighted by molar-refractivity contribution is 5.68. The largest absolute Gasteiger partial charge is 0.480 e. The van der Waals surface area contributed by atoms with Gasteiger partial charge in [-0.3, -0.25) is 19.1 Å². The molecule has 2 heterocycles. The first kappa shape index (κ1) is 17.3. The number of nitrogens with one attached hydrogen (secondary N) is 2. The average Bonchev–Trinajstić information content (AvgIpc) is 2.77. The number of nitrogens with zero attached hydrogens (tertiary/aromatic N) is 1. The van der Waals surface area contributed by atoms with E-state index in [1.54, 1.807) is 0 Å². The number of hydrogen-bond donors (Lipinski definition) is 6. The van der Waals surface area contributed by atoms with Crippen LogP contribution in [0.15, 0.2) is 15.8 Å². The molecule has 0 saturated carbocycles. The van der Waals surface area contributed by atoms with Crippen LogP contribution < -0.4 is 16.6 Å². The van der Waals surface area contributed by atoms with Gasteiger partial charge in [0.2, 0.25) is 0 Å². The summed E-state index contributed by atoms with van der Waals surface area (Å²) in [4.78, 5) is 36.0. The van der Waals surface area contributed by atoms with E-state index in [0.29, 0.717) is 0 Å². The zero-order valence-electron chi connectivity index (χ0n) is 11.9. The molecule has 23 heavy (non-hydrogen) atoms. The molecule has 0 aliphatic carbocycles. The van der Waals surface area contributed by atoms with Crippen LogP contribution in [0.4, 0.5) is 0 Å². The maximum absolute atomic E-state index is 11.9. The second kappa shape index (κ2) is 7.02. The molecule has 2 unspecified atom stereocenters. The van der Waals surface area contributed by atoms with E-state index in [0.717, 1.165) is 10.8 Å². The minimum absolute atomic E-state index is 0.0450. The van der Waals surface area contributed by atoms with Gasteiger partial charge in [0.25, 0.3) is 5.56 Å². The van der Waals surface area contributed by atoms with Gasteiger partial charge in [-0.15, -0.1) is 0 Å². The van der Waals surface area contributed by atoms with Crippen LogP contribution in [-0.4, -0.2) is 67.4 Å². The fraction of sp³-hybridized carbons (Fsp3) is 0.583. The normalized spacial score (nSPS) is 27.3. The first-order valence-corrected chi connectivity index (χ1v) is 6.74. The van der Waals surface area contributed by atoms with Crippen LogP contribution in [0.1, 0.15) is 11.8 Å². The molecule has 0 bridgehead atoms. The highest BCUT2D eigenvalue weighted by Gasteiger charge is 2.43. The number of hydrogen-bond acceptors (Lipinski definition) is 8. The first-order chi connectivity index (χ1) is 10.8. The van der Waals surface area contributed by atoms with Gasteiger partial charge >= 0.3 is 11.7 Å². The molecule has 11 nitrogen and oxygen atoms in total. The van der Waals surface area contributed by atoms with E-state index in [1.165, 1.54) is 0 Å². The van der Waals surface area contributed by atoms with Gasteiger partial charge in [0.15, 0.2) is 6.23 Å². The van der Waals surface area contributed by atoms with E-state index in [4.69, 9.17) is 14.9 Å². The van der Waals surface area contributed by atoms with Gasteiger partial charge in [-0.25, -0.2) is 4.79 Å². The summed E-state index contributed by atoms with van der Waals surface area (Å²) in [7, 11) is 0. The Morgan fingerprint density at radius 3 is 2.61 bits per heavy atom. The molecule has 11 heteroatoms. The fourth-order valence-corrected chi connectivity index (χ4v) is 2.26. The number of aliphatic hydroxyl groups excluding tert-OH is 3. The predicted molar refractivity (Wildman–Crippen MR) is 73.7 cm³/mol. The van der Waals surface area contributed by atoms with Crippen molar-refractivity contribution in [1.82, 2.24) is 14.9 Å². The van der Waals surface area contributed by atoms with Crippen molar-refractivity contribution in [3.05, 3.63) is 32.6 Å². The van der Waals surface area contributed by atoms with Crippen molar-refractivity contribution < 1.29 is 30.0 Å². The molecule has 1 saturated heterocycles. The zero-order chi connectivity index (χ0) is 17.1. The number of carboxylic acid groups (broad SMARTS) is 1. The van der Waals surface area contributed by atoms with Crippen LogP contribution in [0.2, 0.25) is 0 Å². The monoisotopic (exact) mass is 331 g/mol. The Kier molecular flexibility index (Phi) is 5.28. The molecule has 1 aliphatic rings. The number of carboxylic acids is 1. The summed E-state index contributed by atoms with van der Waals surface area (Å²) in [5.74, 6) is -1.11. The maximum Gasteiger partial charge on any atom is 0.330 e. The molecule has 128 valence electrons. The lowest BCUT2D eigenvalue weighted by molar-refractivity contribution is -0.136. The van der Waals surface area contributed by atoms with Crippen LogP contribution >= 0.6 is 0 Å². The minimum atomic E-state index is -1.48. The topological polar surface area (TPSA) is 174 Å². The number of aromatic amines is 1. The number of aliphatic carboxylic acids is 1. The highest BCUT2D eigenvalue weighted by Crippen LogP contribution is 2.27. The van der Waals surface area contributed by atoms with Gasteiger partial charge in [-0.05, 0) is 0 Å². The van der Waals surface area contributed by atoms with Crippen LogP contribution in [0, 0.1) is 0 Å². The first-order valence-electron chi connectivity index (χ1n) is 6.74. The van der Waals surface area contributed by atoms with Gasteiger partial charge in [0.1, 0.15) is 18.3 Å². The SMILES string of the molecule is O=C(O)CNCc1cn([C@@H]2O[C@H](CO)C(O)C2O)c(=O)[nH]c1=O. The molecule has 0 aromatic carbocycles. The molecule has 0 spiro atoms. The number of aromatic nitrogens is 2. The minimum Gasteiger partial charge on any atom is -0.480 e. The van der Waals surface area contributed by atoms with Crippen molar-refractivity contribution in [1.29, 1.82) is 0 Å². The molecular formula is C12H17N3O8. The lowest BCUT2D eigenvalue weighted by Crippen LogP contribution is -2.39. The van der Waals surface area contributed by atoms with Crippen molar-refractivity contribution in [2.45, 2.75) is 31.1 Å². The second-order valence-corrected chi connectivity index (χ2v) is 5.05. The summed E-state index contributed by atoms with van der Waals surface area (Å²) in [5.41, 5.74) is -1.54. The van der Waals surface area contributed by atoms with Gasteiger partial charge in [-0.2, -0.15) is 0 Å². The van der Waals surface area contributed by atoms with E-state index in [1.807, 2.05) is 4.98 Å². The third kappa shape index (κ3) is 3.65. The predicted octanol–water partition coefficient (Wildman–Crippen LogP) is -3.68. The zero-order valence-corrected chi connectivity index (χ0v) is 11.9. The summed E-state index contributed by atoms with van der Waals surface area (Å²) in [6.07, 6.45) is -4.11. The van der Waals surface area contributed by atoms with Crippen molar-refractivity contribution in [2.24, 2.45) is 0 Å². The smallest absolute Gasteiger partial charge is 0.330 e. The molecule has 6 N–H and O–H groups in total. The molecule has 2 rings (SSSR count).